The van der Waals surface area contributed by atoms with E-state index in [1.54, 1.807) is 0 Å². The van der Waals surface area contributed by atoms with Gasteiger partial charge < -0.3 is 10.3 Å². The first-order chi connectivity index (χ1) is 9.93. The molecule has 0 atom stereocenters. The molecule has 0 saturated heterocycles. The quantitative estimate of drug-likeness (QED) is 0.693. The Bertz CT molecular complexity index is 776. The highest BCUT2D eigenvalue weighted by atomic mass is 16.1. The molecule has 1 amide bonds. The Hall–Kier alpha value is -2.80. The number of nitriles is 1. The Labute approximate surface area is 124 Å². The van der Waals surface area contributed by atoms with Crippen molar-refractivity contribution in [1.82, 2.24) is 4.57 Å². The molecule has 0 bridgehead atoms. The highest BCUT2D eigenvalue weighted by molar-refractivity contribution is 6.00. The lowest BCUT2D eigenvalue weighted by atomic mass is 10.1. The van der Waals surface area contributed by atoms with Crippen LogP contribution in [0.4, 0.5) is 0 Å². The van der Waals surface area contributed by atoms with Crippen molar-refractivity contribution in [2.45, 2.75) is 20.8 Å². The van der Waals surface area contributed by atoms with E-state index in [0.717, 1.165) is 22.6 Å². The smallest absolute Gasteiger partial charge is 0.259 e. The summed E-state index contributed by atoms with van der Waals surface area (Å²) >= 11 is 0. The standard InChI is InChI=1S/C17H17N3O/c1-11-5-4-6-16(7-11)20-12(2)8-14(13(20)3)9-15(10-18)17(19)21/h4-9H,1-3H3,(H2,19,21)/b15-9+. The number of rotatable bonds is 3. The minimum absolute atomic E-state index is 0.0421. The number of hydrogen-bond donors (Lipinski definition) is 1. The highest BCUT2D eigenvalue weighted by Gasteiger charge is 2.11. The van der Waals surface area contributed by atoms with Gasteiger partial charge in [0.25, 0.3) is 5.91 Å². The van der Waals surface area contributed by atoms with Crippen LogP contribution in [0, 0.1) is 32.1 Å². The summed E-state index contributed by atoms with van der Waals surface area (Å²) in [5, 5.41) is 8.95. The Kier molecular flexibility index (Phi) is 3.95. The molecule has 1 aromatic heterocycles. The lowest BCUT2D eigenvalue weighted by molar-refractivity contribution is -0.114. The third-order valence-electron chi connectivity index (χ3n) is 3.42. The van der Waals surface area contributed by atoms with Crippen molar-refractivity contribution in [3.8, 4) is 11.8 Å². The van der Waals surface area contributed by atoms with Crippen molar-refractivity contribution >= 4 is 12.0 Å². The number of hydrogen-bond acceptors (Lipinski definition) is 2. The second-order valence-electron chi connectivity index (χ2n) is 5.03. The van der Waals surface area contributed by atoms with Crippen LogP contribution >= 0.6 is 0 Å². The number of nitrogens with two attached hydrogens (primary N) is 1. The molecule has 0 aliphatic heterocycles. The molecule has 106 valence electrons. The average Bonchev–Trinajstić information content (AvgIpc) is 2.70. The summed E-state index contributed by atoms with van der Waals surface area (Å²) in [5.74, 6) is -0.710. The summed E-state index contributed by atoms with van der Waals surface area (Å²) in [7, 11) is 0. The summed E-state index contributed by atoms with van der Waals surface area (Å²) in [4.78, 5) is 11.2. The molecular weight excluding hydrogens is 262 g/mol. The van der Waals surface area contributed by atoms with Gasteiger partial charge in [0.1, 0.15) is 11.6 Å². The lowest BCUT2D eigenvalue weighted by Gasteiger charge is -2.10. The van der Waals surface area contributed by atoms with Gasteiger partial charge in [0.05, 0.1) is 0 Å². The first-order valence-corrected chi connectivity index (χ1v) is 6.61. The van der Waals surface area contributed by atoms with Crippen LogP contribution in [0.1, 0.15) is 22.5 Å². The molecule has 4 nitrogen and oxygen atoms in total. The van der Waals surface area contributed by atoms with E-state index in [0.29, 0.717) is 0 Å². The van der Waals surface area contributed by atoms with Crippen molar-refractivity contribution in [1.29, 1.82) is 5.26 Å². The summed E-state index contributed by atoms with van der Waals surface area (Å²) in [6, 6.07) is 11.9. The van der Waals surface area contributed by atoms with Gasteiger partial charge in [0.15, 0.2) is 0 Å². The van der Waals surface area contributed by atoms with E-state index in [9.17, 15) is 4.79 Å². The second-order valence-corrected chi connectivity index (χ2v) is 5.03. The number of carbonyl (C=O) groups is 1. The predicted molar refractivity (Wildman–Crippen MR) is 82.8 cm³/mol. The Morgan fingerprint density at radius 2 is 2.00 bits per heavy atom. The third-order valence-corrected chi connectivity index (χ3v) is 3.42. The van der Waals surface area contributed by atoms with Crippen molar-refractivity contribution in [3.63, 3.8) is 0 Å². The molecule has 0 fully saturated rings. The van der Waals surface area contributed by atoms with Crippen LogP contribution in [0.5, 0.6) is 0 Å². The number of aryl methyl sites for hydroxylation is 2. The summed E-state index contributed by atoms with van der Waals surface area (Å²) < 4.78 is 2.09. The normalized spacial score (nSPS) is 11.2. The van der Waals surface area contributed by atoms with E-state index in [2.05, 4.69) is 10.6 Å². The van der Waals surface area contributed by atoms with Crippen LogP contribution < -0.4 is 5.73 Å². The van der Waals surface area contributed by atoms with Crippen LogP contribution in [0.15, 0.2) is 35.9 Å². The Balaban J connectivity index is 2.58. The number of primary amides is 1. The second kappa shape index (κ2) is 5.68. The van der Waals surface area contributed by atoms with E-state index in [4.69, 9.17) is 11.0 Å². The van der Waals surface area contributed by atoms with Gasteiger partial charge in [-0.25, -0.2) is 0 Å². The molecule has 0 radical (unpaired) electrons. The zero-order valence-electron chi connectivity index (χ0n) is 12.3. The number of benzene rings is 1. The fourth-order valence-corrected chi connectivity index (χ4v) is 2.41. The molecule has 2 aromatic rings. The Morgan fingerprint density at radius 3 is 2.57 bits per heavy atom. The van der Waals surface area contributed by atoms with Gasteiger partial charge in [0, 0.05) is 17.1 Å². The highest BCUT2D eigenvalue weighted by Crippen LogP contribution is 2.23. The largest absolute Gasteiger partial charge is 0.365 e. The Morgan fingerprint density at radius 1 is 1.29 bits per heavy atom. The fraction of sp³-hybridized carbons (Fsp3) is 0.176. The van der Waals surface area contributed by atoms with E-state index in [-0.39, 0.29) is 5.57 Å². The molecule has 0 aliphatic carbocycles. The average molecular weight is 279 g/mol. The molecule has 21 heavy (non-hydrogen) atoms. The number of carbonyl (C=O) groups excluding carboxylic acids is 1. The van der Waals surface area contributed by atoms with Gasteiger partial charge in [-0.05, 0) is 56.2 Å². The molecule has 4 heteroatoms. The van der Waals surface area contributed by atoms with Crippen LogP contribution in [0.2, 0.25) is 0 Å². The summed E-state index contributed by atoms with van der Waals surface area (Å²) in [5.41, 5.74) is 10.2. The summed E-state index contributed by atoms with van der Waals surface area (Å²) in [6.07, 6.45) is 1.54. The third kappa shape index (κ3) is 2.87. The van der Waals surface area contributed by atoms with Crippen LogP contribution in [-0.2, 0) is 4.79 Å². The van der Waals surface area contributed by atoms with Crippen LogP contribution in [0.3, 0.4) is 0 Å². The number of amides is 1. The van der Waals surface area contributed by atoms with Gasteiger partial charge in [-0.2, -0.15) is 5.26 Å². The van der Waals surface area contributed by atoms with Crippen LogP contribution in [0.25, 0.3) is 11.8 Å². The first-order valence-electron chi connectivity index (χ1n) is 6.61. The van der Waals surface area contributed by atoms with Gasteiger partial charge in [0.2, 0.25) is 0 Å². The van der Waals surface area contributed by atoms with E-state index in [1.807, 2.05) is 51.1 Å². The molecule has 0 unspecified atom stereocenters. The van der Waals surface area contributed by atoms with Gasteiger partial charge in [-0.3, -0.25) is 4.79 Å². The zero-order valence-corrected chi connectivity index (χ0v) is 12.3. The van der Waals surface area contributed by atoms with Crippen molar-refractivity contribution in [3.05, 3.63) is 58.4 Å². The van der Waals surface area contributed by atoms with Gasteiger partial charge >= 0.3 is 0 Å². The molecule has 0 aliphatic rings. The zero-order chi connectivity index (χ0) is 15.6. The SMILES string of the molecule is Cc1cccc(-n2c(C)cc(/C=C(\C#N)C(N)=O)c2C)c1. The lowest BCUT2D eigenvalue weighted by Crippen LogP contribution is -2.12. The van der Waals surface area contributed by atoms with Crippen molar-refractivity contribution < 1.29 is 4.79 Å². The summed E-state index contributed by atoms with van der Waals surface area (Å²) in [6.45, 7) is 5.99. The monoisotopic (exact) mass is 279 g/mol. The maximum Gasteiger partial charge on any atom is 0.259 e. The number of nitrogens with zero attached hydrogens (tertiary/aromatic N) is 2. The van der Waals surface area contributed by atoms with E-state index >= 15 is 0 Å². The van der Waals surface area contributed by atoms with E-state index in [1.165, 1.54) is 11.6 Å². The maximum absolute atomic E-state index is 11.2. The van der Waals surface area contributed by atoms with E-state index < -0.39 is 5.91 Å². The van der Waals surface area contributed by atoms with Crippen molar-refractivity contribution in [2.24, 2.45) is 5.73 Å². The number of aromatic nitrogens is 1. The molecule has 2 N–H and O–H groups in total. The minimum Gasteiger partial charge on any atom is -0.365 e. The predicted octanol–water partition coefficient (Wildman–Crippen LogP) is 2.79. The van der Waals surface area contributed by atoms with Gasteiger partial charge in [-0.1, -0.05) is 12.1 Å². The molecule has 2 rings (SSSR count). The maximum atomic E-state index is 11.2. The topological polar surface area (TPSA) is 71.8 Å². The minimum atomic E-state index is -0.710. The molecule has 0 spiro atoms. The first kappa shape index (κ1) is 14.6. The van der Waals surface area contributed by atoms with Gasteiger partial charge in [-0.15, -0.1) is 0 Å². The molecule has 1 heterocycles. The molecule has 1 aromatic carbocycles. The van der Waals surface area contributed by atoms with Crippen LogP contribution in [-0.4, -0.2) is 10.5 Å². The molecule has 0 saturated carbocycles. The van der Waals surface area contributed by atoms with Crippen molar-refractivity contribution in [2.75, 3.05) is 0 Å². The molecular formula is C17H17N3O. The fourth-order valence-electron chi connectivity index (χ4n) is 2.41.